The summed E-state index contributed by atoms with van der Waals surface area (Å²) in [4.78, 5) is 27.4. The van der Waals surface area contributed by atoms with Gasteiger partial charge < -0.3 is 10.0 Å². The molecule has 0 bridgehead atoms. The van der Waals surface area contributed by atoms with Crippen molar-refractivity contribution in [2.75, 3.05) is 11.4 Å². The lowest BCUT2D eigenvalue weighted by molar-refractivity contribution is -0.135. The number of Topliss-reactive ketones (excluding diaryl/α,β-unsaturated/α-hetero) is 1. The Labute approximate surface area is 153 Å². The second-order valence-electron chi connectivity index (χ2n) is 7.14. The summed E-state index contributed by atoms with van der Waals surface area (Å²) in [6.07, 6.45) is -0.278. The van der Waals surface area contributed by atoms with Crippen LogP contribution in [0.2, 0.25) is 0 Å². The molecule has 26 heavy (non-hydrogen) atoms. The van der Waals surface area contributed by atoms with Crippen LogP contribution >= 0.6 is 0 Å². The maximum atomic E-state index is 13.0. The van der Waals surface area contributed by atoms with Crippen LogP contribution in [-0.4, -0.2) is 23.3 Å². The van der Waals surface area contributed by atoms with Gasteiger partial charge in [0.2, 0.25) is 0 Å². The number of carbonyl (C=O) groups is 2. The molecule has 0 fully saturated rings. The van der Waals surface area contributed by atoms with Crippen LogP contribution in [0.1, 0.15) is 40.4 Å². The molecule has 134 valence electrons. The van der Waals surface area contributed by atoms with Gasteiger partial charge in [-0.3, -0.25) is 9.59 Å². The molecule has 0 unspecified atom stereocenters. The van der Waals surface area contributed by atoms with Crippen molar-refractivity contribution in [1.29, 1.82) is 0 Å². The zero-order valence-electron chi connectivity index (χ0n) is 15.4. The predicted molar refractivity (Wildman–Crippen MR) is 102 cm³/mol. The highest BCUT2D eigenvalue weighted by molar-refractivity contribution is 6.11. The van der Waals surface area contributed by atoms with Crippen molar-refractivity contribution in [3.8, 4) is 0 Å². The van der Waals surface area contributed by atoms with E-state index in [1.165, 1.54) is 4.90 Å². The van der Waals surface area contributed by atoms with Gasteiger partial charge in [-0.1, -0.05) is 54.1 Å². The third kappa shape index (κ3) is 2.97. The Morgan fingerprint density at radius 2 is 1.88 bits per heavy atom. The fraction of sp³-hybridized carbons (Fsp3) is 0.273. The molecule has 1 N–H and O–H groups in total. The van der Waals surface area contributed by atoms with Gasteiger partial charge in [-0.25, -0.2) is 0 Å². The number of amides is 1. The average molecular weight is 349 g/mol. The number of hydrogen-bond donors (Lipinski definition) is 1. The first-order valence-electron chi connectivity index (χ1n) is 8.62. The van der Waals surface area contributed by atoms with Gasteiger partial charge in [-0.15, -0.1) is 0 Å². The van der Waals surface area contributed by atoms with E-state index in [9.17, 15) is 14.7 Å². The van der Waals surface area contributed by atoms with E-state index in [4.69, 9.17) is 0 Å². The maximum Gasteiger partial charge on any atom is 0.264 e. The summed E-state index contributed by atoms with van der Waals surface area (Å²) >= 11 is 0. The number of rotatable bonds is 5. The number of hydrogen-bond acceptors (Lipinski definition) is 3. The minimum atomic E-state index is -1.85. The third-order valence-electron chi connectivity index (χ3n) is 4.77. The zero-order valence-corrected chi connectivity index (χ0v) is 15.4. The van der Waals surface area contributed by atoms with E-state index in [2.05, 4.69) is 6.58 Å². The van der Waals surface area contributed by atoms with Crippen LogP contribution in [0.15, 0.2) is 54.6 Å². The number of aliphatic hydroxyl groups is 1. The molecule has 0 aliphatic carbocycles. The number of benzene rings is 2. The predicted octanol–water partition coefficient (Wildman–Crippen LogP) is 3.69. The number of nitrogens with zero attached hydrogens (tertiary/aromatic N) is 1. The second kappa shape index (κ2) is 6.54. The summed E-state index contributed by atoms with van der Waals surface area (Å²) in [5.74, 6) is -0.717. The SMILES string of the molecule is C=C(C)CN1C(=O)[C@](O)(CC(=O)c2ccc(C)cc2C)c2ccccc21. The first-order chi connectivity index (χ1) is 12.2. The number of para-hydroxylation sites is 1. The molecule has 1 aliphatic rings. The van der Waals surface area contributed by atoms with Gasteiger partial charge in [-0.2, -0.15) is 0 Å². The van der Waals surface area contributed by atoms with Gasteiger partial charge in [0.05, 0.1) is 12.1 Å². The van der Waals surface area contributed by atoms with Crippen LogP contribution in [0.25, 0.3) is 0 Å². The zero-order chi connectivity index (χ0) is 19.1. The lowest BCUT2D eigenvalue weighted by Gasteiger charge is -2.23. The highest BCUT2D eigenvalue weighted by Crippen LogP contribution is 2.43. The van der Waals surface area contributed by atoms with Crippen LogP contribution in [0.4, 0.5) is 5.69 Å². The highest BCUT2D eigenvalue weighted by atomic mass is 16.3. The van der Waals surface area contributed by atoms with Gasteiger partial charge in [-0.05, 0) is 32.4 Å². The van der Waals surface area contributed by atoms with Crippen molar-refractivity contribution in [3.05, 3.63) is 76.9 Å². The van der Waals surface area contributed by atoms with Crippen LogP contribution in [0, 0.1) is 13.8 Å². The molecule has 0 aromatic heterocycles. The largest absolute Gasteiger partial charge is 0.375 e. The Morgan fingerprint density at radius 3 is 2.54 bits per heavy atom. The molecular weight excluding hydrogens is 326 g/mol. The van der Waals surface area contributed by atoms with E-state index in [1.807, 2.05) is 39.0 Å². The summed E-state index contributed by atoms with van der Waals surface area (Å²) in [6.45, 7) is 9.83. The molecule has 0 spiro atoms. The molecule has 0 saturated heterocycles. The first-order valence-corrected chi connectivity index (χ1v) is 8.62. The molecule has 2 aromatic carbocycles. The van der Waals surface area contributed by atoms with Crippen LogP contribution < -0.4 is 4.90 Å². The number of ketones is 1. The molecule has 4 heteroatoms. The van der Waals surface area contributed by atoms with E-state index < -0.39 is 11.5 Å². The number of aryl methyl sites for hydroxylation is 2. The van der Waals surface area contributed by atoms with Crippen molar-refractivity contribution >= 4 is 17.4 Å². The lowest BCUT2D eigenvalue weighted by atomic mass is 9.87. The van der Waals surface area contributed by atoms with Crippen molar-refractivity contribution in [1.82, 2.24) is 0 Å². The van der Waals surface area contributed by atoms with E-state index in [0.29, 0.717) is 23.4 Å². The Kier molecular flexibility index (Phi) is 4.55. The van der Waals surface area contributed by atoms with Gasteiger partial charge in [0.25, 0.3) is 5.91 Å². The van der Waals surface area contributed by atoms with E-state index in [-0.39, 0.29) is 12.2 Å². The van der Waals surface area contributed by atoms with Crippen molar-refractivity contribution in [2.45, 2.75) is 32.8 Å². The van der Waals surface area contributed by atoms with E-state index in [1.54, 1.807) is 24.3 Å². The molecule has 1 heterocycles. The lowest BCUT2D eigenvalue weighted by Crippen LogP contribution is -2.42. The molecule has 1 atom stereocenters. The number of anilines is 1. The standard InChI is InChI=1S/C22H23NO3/c1-14(2)13-23-19-8-6-5-7-18(19)22(26,21(23)25)12-20(24)17-10-9-15(3)11-16(17)4/h5-11,26H,1,12-13H2,2-4H3/t22-/m0/s1. The van der Waals surface area contributed by atoms with Gasteiger partial charge in [0.15, 0.2) is 11.4 Å². The van der Waals surface area contributed by atoms with E-state index >= 15 is 0 Å². The Balaban J connectivity index is 1.99. The van der Waals surface area contributed by atoms with Crippen molar-refractivity contribution < 1.29 is 14.7 Å². The summed E-state index contributed by atoms with van der Waals surface area (Å²) in [5.41, 5.74) is 2.51. The quantitative estimate of drug-likeness (QED) is 0.662. The molecular formula is C22H23NO3. The molecule has 1 amide bonds. The molecule has 0 saturated carbocycles. The fourth-order valence-corrected chi connectivity index (χ4v) is 3.56. The number of carbonyl (C=O) groups excluding carboxylic acids is 2. The van der Waals surface area contributed by atoms with Gasteiger partial charge in [0.1, 0.15) is 0 Å². The first kappa shape index (κ1) is 18.1. The molecule has 1 aliphatic heterocycles. The summed E-state index contributed by atoms with van der Waals surface area (Å²) < 4.78 is 0. The monoisotopic (exact) mass is 349 g/mol. The van der Waals surface area contributed by atoms with Gasteiger partial charge in [0, 0.05) is 17.7 Å². The van der Waals surface area contributed by atoms with Gasteiger partial charge >= 0.3 is 0 Å². The molecule has 4 nitrogen and oxygen atoms in total. The Morgan fingerprint density at radius 1 is 1.19 bits per heavy atom. The Bertz CT molecular complexity index is 915. The summed E-state index contributed by atoms with van der Waals surface area (Å²) in [7, 11) is 0. The van der Waals surface area contributed by atoms with Crippen LogP contribution in [0.3, 0.4) is 0 Å². The van der Waals surface area contributed by atoms with Crippen molar-refractivity contribution in [3.63, 3.8) is 0 Å². The summed E-state index contributed by atoms with van der Waals surface area (Å²) in [6, 6.07) is 12.6. The third-order valence-corrected chi connectivity index (χ3v) is 4.77. The minimum Gasteiger partial charge on any atom is -0.375 e. The average Bonchev–Trinajstić information content (AvgIpc) is 2.77. The van der Waals surface area contributed by atoms with Crippen LogP contribution in [0.5, 0.6) is 0 Å². The highest BCUT2D eigenvalue weighted by Gasteiger charge is 2.50. The summed E-state index contributed by atoms with van der Waals surface area (Å²) in [5, 5.41) is 11.2. The van der Waals surface area contributed by atoms with Crippen LogP contribution in [-0.2, 0) is 10.4 Å². The molecule has 3 rings (SSSR count). The molecule has 2 aromatic rings. The van der Waals surface area contributed by atoms with E-state index in [0.717, 1.165) is 16.7 Å². The number of fused-ring (bicyclic) bond motifs is 1. The molecule has 0 radical (unpaired) electrons. The fourth-order valence-electron chi connectivity index (χ4n) is 3.56. The second-order valence-corrected chi connectivity index (χ2v) is 7.14. The topological polar surface area (TPSA) is 57.6 Å². The Hall–Kier alpha value is -2.72. The minimum absolute atomic E-state index is 0.245. The smallest absolute Gasteiger partial charge is 0.264 e. The normalized spacial score (nSPS) is 18.8. The van der Waals surface area contributed by atoms with Crippen molar-refractivity contribution in [2.24, 2.45) is 0 Å². The maximum absolute atomic E-state index is 13.0.